The van der Waals surface area contributed by atoms with E-state index in [9.17, 15) is 43.2 Å². The van der Waals surface area contributed by atoms with E-state index in [4.69, 9.17) is 37.0 Å². The van der Waals surface area contributed by atoms with Crippen molar-refractivity contribution in [3.05, 3.63) is 170 Å². The molecular formula is C89H146O17P2. The maximum Gasteiger partial charge on any atom is 0.472 e. The number of phosphoric acid groups is 2. The number of hydrogen-bond donors (Lipinski definition) is 3. The molecule has 0 aromatic carbocycles. The van der Waals surface area contributed by atoms with E-state index in [1.807, 2.05) is 24.3 Å². The molecular weight excluding hydrogens is 1400 g/mol. The van der Waals surface area contributed by atoms with Gasteiger partial charge >= 0.3 is 39.5 Å². The summed E-state index contributed by atoms with van der Waals surface area (Å²) in [6.45, 7) is 4.52. The van der Waals surface area contributed by atoms with E-state index in [0.29, 0.717) is 38.5 Å². The summed E-state index contributed by atoms with van der Waals surface area (Å²) in [5, 5.41) is 10.7. The van der Waals surface area contributed by atoms with Crippen molar-refractivity contribution in [2.24, 2.45) is 0 Å². The Kier molecular flexibility index (Phi) is 75.4. The first-order valence-electron chi connectivity index (χ1n) is 41.4. The fourth-order valence-electron chi connectivity index (χ4n) is 10.4. The van der Waals surface area contributed by atoms with Gasteiger partial charge < -0.3 is 33.8 Å². The average Bonchev–Trinajstić information content (AvgIpc) is 0.886. The predicted octanol–water partition coefficient (Wildman–Crippen LogP) is 24.6. The molecule has 5 atom stereocenters. The SMILES string of the molecule is CC/C=C\C/C=C\C/C=C\C/C=C\C/C=C\CCCCCC(=O)OC[C@H](COP(=O)(O)OC[C@@H](O)COP(=O)(O)OC[C@@H](COC(=O)CC/C=C\C/C=C\C/C=C\C/C=C\C/C=C\CCCCC)OC(=O)CCCCCCCCCCCCCCC)OC(=O)CCC/C=C\C/C=C\C/C=C\C/C=C\CCCCC. The first-order valence-corrected chi connectivity index (χ1v) is 44.4. The van der Waals surface area contributed by atoms with Crippen LogP contribution in [0.15, 0.2) is 170 Å². The van der Waals surface area contributed by atoms with Crippen LogP contribution in [-0.2, 0) is 65.4 Å². The highest BCUT2D eigenvalue weighted by molar-refractivity contribution is 7.47. The maximum absolute atomic E-state index is 13.1. The van der Waals surface area contributed by atoms with Crippen molar-refractivity contribution in [2.45, 2.75) is 329 Å². The highest BCUT2D eigenvalue weighted by Gasteiger charge is 2.30. The second-order valence-corrected chi connectivity index (χ2v) is 29.9. The summed E-state index contributed by atoms with van der Waals surface area (Å²) in [5.41, 5.74) is 0. The van der Waals surface area contributed by atoms with Gasteiger partial charge in [-0.1, -0.05) is 307 Å². The number of carbonyl (C=O) groups excluding carboxylic acids is 4. The molecule has 108 heavy (non-hydrogen) atoms. The van der Waals surface area contributed by atoms with Gasteiger partial charge in [0.25, 0.3) is 0 Å². The molecule has 0 radical (unpaired) electrons. The zero-order valence-corrected chi connectivity index (χ0v) is 69.0. The van der Waals surface area contributed by atoms with Crippen LogP contribution in [-0.4, -0.2) is 96.7 Å². The van der Waals surface area contributed by atoms with E-state index in [0.717, 1.165) is 128 Å². The molecule has 0 rings (SSSR count). The van der Waals surface area contributed by atoms with Gasteiger partial charge in [0.15, 0.2) is 12.2 Å². The molecule has 19 heteroatoms. The van der Waals surface area contributed by atoms with Gasteiger partial charge in [0.05, 0.1) is 26.4 Å². The average molecular weight is 1550 g/mol. The van der Waals surface area contributed by atoms with Crippen LogP contribution in [0, 0.1) is 0 Å². The molecule has 0 heterocycles. The molecule has 0 aromatic heterocycles. The normalized spacial score (nSPS) is 14.7. The predicted molar refractivity (Wildman–Crippen MR) is 445 cm³/mol. The van der Waals surface area contributed by atoms with E-state index in [1.165, 1.54) is 89.9 Å². The summed E-state index contributed by atoms with van der Waals surface area (Å²) in [6.07, 6.45) is 94.9. The minimum absolute atomic E-state index is 0.00406. The van der Waals surface area contributed by atoms with Gasteiger partial charge in [0, 0.05) is 25.7 Å². The first kappa shape index (κ1) is 102. The van der Waals surface area contributed by atoms with E-state index in [1.54, 1.807) is 0 Å². The van der Waals surface area contributed by atoms with Crippen molar-refractivity contribution >= 4 is 39.5 Å². The van der Waals surface area contributed by atoms with E-state index < -0.39 is 97.5 Å². The molecule has 2 unspecified atom stereocenters. The highest BCUT2D eigenvalue weighted by Crippen LogP contribution is 2.45. The summed E-state index contributed by atoms with van der Waals surface area (Å²) >= 11 is 0. The monoisotopic (exact) mass is 1550 g/mol. The first-order chi connectivity index (χ1) is 52.7. The molecule has 0 fully saturated rings. The number of aliphatic hydroxyl groups excluding tert-OH is 1. The van der Waals surface area contributed by atoms with Gasteiger partial charge in [-0.05, 0) is 148 Å². The highest BCUT2D eigenvalue weighted by atomic mass is 31.2. The number of ether oxygens (including phenoxy) is 4. The van der Waals surface area contributed by atoms with Gasteiger partial charge in [-0.2, -0.15) is 0 Å². The second kappa shape index (κ2) is 79.5. The third-order valence-electron chi connectivity index (χ3n) is 16.7. The number of hydrogen-bond acceptors (Lipinski definition) is 15. The Labute approximate surface area is 654 Å². The van der Waals surface area contributed by atoms with Crippen molar-refractivity contribution in [1.29, 1.82) is 0 Å². The van der Waals surface area contributed by atoms with Crippen LogP contribution in [0.4, 0.5) is 0 Å². The minimum Gasteiger partial charge on any atom is -0.462 e. The molecule has 0 aromatic rings. The lowest BCUT2D eigenvalue weighted by molar-refractivity contribution is -0.161. The lowest BCUT2D eigenvalue weighted by atomic mass is 10.0. The van der Waals surface area contributed by atoms with Crippen molar-refractivity contribution in [3.8, 4) is 0 Å². The number of rotatable bonds is 76. The fraction of sp³-hybridized carbons (Fsp3) is 0.640. The largest absolute Gasteiger partial charge is 0.472 e. The molecule has 0 spiro atoms. The topological polar surface area (TPSA) is 237 Å². The number of unbranched alkanes of at least 4 members (excludes halogenated alkanes) is 22. The Morgan fingerprint density at radius 3 is 0.852 bits per heavy atom. The number of phosphoric ester groups is 2. The van der Waals surface area contributed by atoms with Crippen molar-refractivity contribution in [1.82, 2.24) is 0 Å². The maximum atomic E-state index is 13.1. The molecule has 0 saturated carbocycles. The third-order valence-corrected chi connectivity index (χ3v) is 18.6. The Morgan fingerprint density at radius 1 is 0.269 bits per heavy atom. The number of allylic oxidation sites excluding steroid dienone is 28. The fourth-order valence-corrected chi connectivity index (χ4v) is 12.0. The lowest BCUT2D eigenvalue weighted by Gasteiger charge is -2.21. The number of esters is 4. The minimum atomic E-state index is -5.01. The van der Waals surface area contributed by atoms with Gasteiger partial charge in [-0.3, -0.25) is 37.3 Å². The van der Waals surface area contributed by atoms with E-state index >= 15 is 0 Å². The summed E-state index contributed by atoms with van der Waals surface area (Å²) in [6, 6.07) is 0. The smallest absolute Gasteiger partial charge is 0.462 e. The van der Waals surface area contributed by atoms with Gasteiger partial charge in [-0.15, -0.1) is 0 Å². The van der Waals surface area contributed by atoms with Crippen LogP contribution in [0.1, 0.15) is 310 Å². The Hall–Kier alpha value is -5.58. The summed E-state index contributed by atoms with van der Waals surface area (Å²) < 4.78 is 68.5. The van der Waals surface area contributed by atoms with E-state index in [2.05, 4.69) is 174 Å². The van der Waals surface area contributed by atoms with Gasteiger partial charge in [-0.25, -0.2) is 9.13 Å². The summed E-state index contributed by atoms with van der Waals surface area (Å²) in [7, 11) is -10.0. The molecule has 3 N–H and O–H groups in total. The van der Waals surface area contributed by atoms with Crippen molar-refractivity contribution < 1.29 is 80.2 Å². The van der Waals surface area contributed by atoms with Gasteiger partial charge in [0.1, 0.15) is 19.3 Å². The van der Waals surface area contributed by atoms with Crippen LogP contribution >= 0.6 is 15.6 Å². The Bertz CT molecular complexity index is 2710. The standard InChI is InChI=1S/C89H146O17P2/c1-5-9-13-17-21-25-29-33-36-39-41-44-46-50-53-57-61-65-69-73-86(91)99-79-84(105-88(93)75-71-67-63-59-55-49-32-28-24-20-16-12-8-4)81-103-107(95,96)101-77-83(90)78-102-108(97,98)104-82-85(106-89(94)76-72-68-64-60-56-52-48-43-38-35-31-27-23-19-15-11-7-3)80-100-87(92)74-70-66-62-58-54-51-47-45-42-40-37-34-30-26-22-18-14-10-6-2/h10,14,21-23,25-27,33-38,41-42,44-45,48,50-54,60-61,64-65,83-85,90H,5-9,11-13,15-20,24,28-32,39-40,43,46-47,49,55-59,62-63,66-82H2,1-4H3,(H,95,96)(H,97,98)/b14-10-,25-21-,26-22-,27-23-,36-33-,37-34-,38-35-,44-41-,45-42-,52-48-,53-50-,54-51-,64-60-,65-61-/t83-,84+,85+/m0/s1. The molecule has 614 valence electrons. The quantitative estimate of drug-likeness (QED) is 0.0169. The molecule has 0 saturated heterocycles. The zero-order valence-electron chi connectivity index (χ0n) is 67.2. The zero-order chi connectivity index (χ0) is 78.9. The Balaban J connectivity index is 5.51. The van der Waals surface area contributed by atoms with E-state index in [-0.39, 0.29) is 25.7 Å². The summed E-state index contributed by atoms with van der Waals surface area (Å²) in [5.74, 6) is -2.38. The molecule has 0 aliphatic heterocycles. The van der Waals surface area contributed by atoms with Crippen molar-refractivity contribution in [3.63, 3.8) is 0 Å². The molecule has 0 bridgehead atoms. The number of carbonyl (C=O) groups is 4. The number of aliphatic hydroxyl groups is 1. The van der Waals surface area contributed by atoms with Crippen LogP contribution in [0.3, 0.4) is 0 Å². The molecule has 17 nitrogen and oxygen atoms in total. The molecule has 0 aliphatic carbocycles. The second-order valence-electron chi connectivity index (χ2n) is 27.0. The van der Waals surface area contributed by atoms with Crippen LogP contribution in [0.25, 0.3) is 0 Å². The lowest BCUT2D eigenvalue weighted by Crippen LogP contribution is -2.30. The third kappa shape index (κ3) is 78.5. The van der Waals surface area contributed by atoms with Crippen LogP contribution < -0.4 is 0 Å². The molecule has 0 aliphatic rings. The molecule has 0 amide bonds. The van der Waals surface area contributed by atoms with Crippen LogP contribution in [0.5, 0.6) is 0 Å². The van der Waals surface area contributed by atoms with Crippen LogP contribution in [0.2, 0.25) is 0 Å². The summed E-state index contributed by atoms with van der Waals surface area (Å²) in [4.78, 5) is 73.1. The Morgan fingerprint density at radius 2 is 0.509 bits per heavy atom. The van der Waals surface area contributed by atoms with Crippen molar-refractivity contribution in [2.75, 3.05) is 39.6 Å². The van der Waals surface area contributed by atoms with Gasteiger partial charge in [0.2, 0.25) is 0 Å².